The Bertz CT molecular complexity index is 753. The van der Waals surface area contributed by atoms with Crippen LogP contribution in [0.1, 0.15) is 35.8 Å². The molecule has 2 aromatic rings. The van der Waals surface area contributed by atoms with Crippen molar-refractivity contribution >= 4 is 11.9 Å². The fourth-order valence-electron chi connectivity index (χ4n) is 2.92. The lowest BCUT2D eigenvalue weighted by atomic mass is 9.93. The number of piperidine rings is 1. The van der Waals surface area contributed by atoms with E-state index in [1.165, 1.54) is 0 Å². The Morgan fingerprint density at radius 3 is 2.58 bits per heavy atom. The average molecular weight is 328 g/mol. The molecule has 2 unspecified atom stereocenters. The Kier molecular flexibility index (Phi) is 4.33. The van der Waals surface area contributed by atoms with E-state index in [1.807, 2.05) is 38.1 Å². The van der Waals surface area contributed by atoms with Gasteiger partial charge in [0.15, 0.2) is 5.69 Å². The van der Waals surface area contributed by atoms with E-state index in [4.69, 9.17) is 0 Å². The third-order valence-corrected chi connectivity index (χ3v) is 4.50. The molecule has 0 spiro atoms. The first kappa shape index (κ1) is 16.2. The number of aryl methyl sites for hydroxylation is 1. The van der Waals surface area contributed by atoms with Crippen molar-refractivity contribution in [3.05, 3.63) is 41.7 Å². The summed E-state index contributed by atoms with van der Waals surface area (Å²) in [5.74, 6) is -1.65. The van der Waals surface area contributed by atoms with E-state index in [9.17, 15) is 14.7 Å². The molecule has 1 aromatic heterocycles. The smallest absolute Gasteiger partial charge is 0.308 e. The molecule has 1 aliphatic heterocycles. The lowest BCUT2D eigenvalue weighted by Gasteiger charge is -2.35. The van der Waals surface area contributed by atoms with Crippen LogP contribution in [-0.4, -0.2) is 49.5 Å². The van der Waals surface area contributed by atoms with Gasteiger partial charge in [0.2, 0.25) is 0 Å². The van der Waals surface area contributed by atoms with Crippen LogP contribution >= 0.6 is 0 Å². The van der Waals surface area contributed by atoms with Crippen molar-refractivity contribution in [3.8, 4) is 5.69 Å². The van der Waals surface area contributed by atoms with Crippen molar-refractivity contribution in [2.24, 2.45) is 5.92 Å². The normalized spacial score (nSPS) is 20.8. The summed E-state index contributed by atoms with van der Waals surface area (Å²) >= 11 is 0. The highest BCUT2D eigenvalue weighted by Crippen LogP contribution is 2.23. The van der Waals surface area contributed by atoms with Crippen LogP contribution in [0.15, 0.2) is 30.5 Å². The summed E-state index contributed by atoms with van der Waals surface area (Å²) < 4.78 is 1.55. The van der Waals surface area contributed by atoms with Crippen molar-refractivity contribution < 1.29 is 14.7 Å². The molecule has 2 heterocycles. The Morgan fingerprint density at radius 2 is 1.92 bits per heavy atom. The minimum atomic E-state index is -0.858. The first-order valence-corrected chi connectivity index (χ1v) is 7.99. The average Bonchev–Trinajstić information content (AvgIpc) is 3.05. The number of nitrogens with zero attached hydrogens (tertiary/aromatic N) is 4. The second-order valence-electron chi connectivity index (χ2n) is 6.30. The highest BCUT2D eigenvalue weighted by molar-refractivity contribution is 5.92. The van der Waals surface area contributed by atoms with Gasteiger partial charge in [0.1, 0.15) is 0 Å². The second kappa shape index (κ2) is 6.43. The van der Waals surface area contributed by atoms with Gasteiger partial charge in [-0.3, -0.25) is 9.59 Å². The molecule has 1 saturated heterocycles. The highest BCUT2D eigenvalue weighted by atomic mass is 16.4. The van der Waals surface area contributed by atoms with Crippen molar-refractivity contribution in [2.75, 3.05) is 6.54 Å². The van der Waals surface area contributed by atoms with Crippen LogP contribution in [0.4, 0.5) is 0 Å². The first-order chi connectivity index (χ1) is 11.5. The van der Waals surface area contributed by atoms with Gasteiger partial charge in [-0.25, -0.2) is 4.68 Å². The third kappa shape index (κ3) is 3.15. The number of carboxylic acid groups (broad SMARTS) is 1. The van der Waals surface area contributed by atoms with Gasteiger partial charge >= 0.3 is 5.97 Å². The number of aliphatic carboxylic acids is 1. The van der Waals surface area contributed by atoms with Crippen LogP contribution in [0, 0.1) is 12.8 Å². The summed E-state index contributed by atoms with van der Waals surface area (Å²) in [6.45, 7) is 4.14. The predicted molar refractivity (Wildman–Crippen MR) is 87.0 cm³/mol. The fraction of sp³-hybridized carbons (Fsp3) is 0.412. The molecule has 24 heavy (non-hydrogen) atoms. The van der Waals surface area contributed by atoms with E-state index >= 15 is 0 Å². The summed E-state index contributed by atoms with van der Waals surface area (Å²) in [6, 6.07) is 7.73. The van der Waals surface area contributed by atoms with E-state index in [0.717, 1.165) is 11.3 Å². The van der Waals surface area contributed by atoms with Gasteiger partial charge in [-0.2, -0.15) is 0 Å². The SMILES string of the molecule is Cc1ccc(-n2cc(C(=O)N3CC(C(=O)O)CCC3C)nn2)cc1. The van der Waals surface area contributed by atoms with Crippen LogP contribution in [-0.2, 0) is 4.79 Å². The van der Waals surface area contributed by atoms with E-state index in [0.29, 0.717) is 12.8 Å². The maximum atomic E-state index is 12.7. The summed E-state index contributed by atoms with van der Waals surface area (Å²) in [6.07, 6.45) is 2.86. The van der Waals surface area contributed by atoms with Crippen molar-refractivity contribution in [3.63, 3.8) is 0 Å². The molecule has 1 amide bonds. The van der Waals surface area contributed by atoms with E-state index in [1.54, 1.807) is 15.8 Å². The molecule has 3 rings (SSSR count). The Balaban J connectivity index is 1.80. The Labute approximate surface area is 139 Å². The molecule has 2 atom stereocenters. The van der Waals surface area contributed by atoms with Crippen molar-refractivity contribution in [2.45, 2.75) is 32.7 Å². The van der Waals surface area contributed by atoms with E-state index in [-0.39, 0.29) is 24.2 Å². The Hall–Kier alpha value is -2.70. The standard InChI is InChI=1S/C17H20N4O3/c1-11-3-7-14(8-4-11)21-10-15(18-19-21)16(22)20-9-13(17(23)24)6-5-12(20)2/h3-4,7-8,10,12-13H,5-6,9H2,1-2H3,(H,23,24). The van der Waals surface area contributed by atoms with Gasteiger partial charge in [0.25, 0.3) is 5.91 Å². The number of hydrogen-bond acceptors (Lipinski definition) is 4. The molecule has 1 N–H and O–H groups in total. The highest BCUT2D eigenvalue weighted by Gasteiger charge is 2.33. The minimum Gasteiger partial charge on any atom is -0.481 e. The topological polar surface area (TPSA) is 88.3 Å². The lowest BCUT2D eigenvalue weighted by molar-refractivity contribution is -0.143. The molecule has 1 aliphatic rings. The van der Waals surface area contributed by atoms with Crippen molar-refractivity contribution in [1.82, 2.24) is 19.9 Å². The third-order valence-electron chi connectivity index (χ3n) is 4.50. The van der Waals surface area contributed by atoms with Crippen LogP contribution in [0.25, 0.3) is 5.69 Å². The maximum Gasteiger partial charge on any atom is 0.308 e. The van der Waals surface area contributed by atoms with Crippen molar-refractivity contribution in [1.29, 1.82) is 0 Å². The molecule has 0 radical (unpaired) electrons. The molecule has 7 nitrogen and oxygen atoms in total. The number of carbonyl (C=O) groups is 2. The van der Waals surface area contributed by atoms with Gasteiger partial charge in [-0.05, 0) is 38.8 Å². The predicted octanol–water partition coefficient (Wildman–Crippen LogP) is 1.90. The molecule has 1 fully saturated rings. The van der Waals surface area contributed by atoms with Gasteiger partial charge in [-0.15, -0.1) is 5.10 Å². The van der Waals surface area contributed by atoms with Gasteiger partial charge in [-0.1, -0.05) is 22.9 Å². The molecule has 7 heteroatoms. The number of carbonyl (C=O) groups excluding carboxylic acids is 1. The number of hydrogen-bond donors (Lipinski definition) is 1. The molecular formula is C17H20N4O3. The number of amides is 1. The van der Waals surface area contributed by atoms with Gasteiger partial charge in [0, 0.05) is 12.6 Å². The summed E-state index contributed by atoms with van der Waals surface area (Å²) in [5, 5.41) is 17.2. The lowest BCUT2D eigenvalue weighted by Crippen LogP contribution is -2.47. The van der Waals surface area contributed by atoms with Crippen LogP contribution in [0.5, 0.6) is 0 Å². The maximum absolute atomic E-state index is 12.7. The summed E-state index contributed by atoms with van der Waals surface area (Å²) in [5.41, 5.74) is 2.19. The monoisotopic (exact) mass is 328 g/mol. The Morgan fingerprint density at radius 1 is 1.21 bits per heavy atom. The molecular weight excluding hydrogens is 308 g/mol. The van der Waals surface area contributed by atoms with Gasteiger partial charge in [0.05, 0.1) is 17.8 Å². The number of aromatic nitrogens is 3. The van der Waals surface area contributed by atoms with E-state index in [2.05, 4.69) is 10.3 Å². The summed E-state index contributed by atoms with van der Waals surface area (Å²) in [4.78, 5) is 25.5. The summed E-state index contributed by atoms with van der Waals surface area (Å²) in [7, 11) is 0. The fourth-order valence-corrected chi connectivity index (χ4v) is 2.92. The second-order valence-corrected chi connectivity index (χ2v) is 6.30. The number of likely N-dealkylation sites (tertiary alicyclic amines) is 1. The number of rotatable bonds is 3. The van der Waals surface area contributed by atoms with E-state index < -0.39 is 11.9 Å². The molecule has 1 aromatic carbocycles. The zero-order valence-corrected chi connectivity index (χ0v) is 13.7. The zero-order chi connectivity index (χ0) is 17.3. The van der Waals surface area contributed by atoms with Gasteiger partial charge < -0.3 is 10.0 Å². The molecule has 0 saturated carbocycles. The quantitative estimate of drug-likeness (QED) is 0.929. The van der Waals surface area contributed by atoms with Crippen LogP contribution < -0.4 is 0 Å². The van der Waals surface area contributed by atoms with Crippen LogP contribution in [0.2, 0.25) is 0 Å². The largest absolute Gasteiger partial charge is 0.481 e. The number of carboxylic acids is 1. The van der Waals surface area contributed by atoms with Crippen LogP contribution in [0.3, 0.4) is 0 Å². The zero-order valence-electron chi connectivity index (χ0n) is 13.7. The minimum absolute atomic E-state index is 0.00220. The first-order valence-electron chi connectivity index (χ1n) is 7.99. The molecule has 0 bridgehead atoms. The molecule has 0 aliphatic carbocycles. The molecule has 126 valence electrons. The number of benzene rings is 1.